The second-order valence-electron chi connectivity index (χ2n) is 9.49. The Morgan fingerprint density at radius 2 is 1.69 bits per heavy atom. The third-order valence-corrected chi connectivity index (χ3v) is 7.31. The topological polar surface area (TPSA) is 36.0 Å². The summed E-state index contributed by atoms with van der Waals surface area (Å²) in [5.74, 6) is 0.795. The van der Waals surface area contributed by atoms with Gasteiger partial charge in [0.15, 0.2) is 0 Å². The van der Waals surface area contributed by atoms with E-state index >= 15 is 0 Å². The molecule has 2 saturated heterocycles. The molecule has 5 nitrogen and oxygen atoms in total. The molecule has 2 aliphatic heterocycles. The summed E-state index contributed by atoms with van der Waals surface area (Å²) in [5, 5.41) is 0. The number of para-hydroxylation sites is 1. The molecule has 2 fully saturated rings. The summed E-state index contributed by atoms with van der Waals surface area (Å²) in [6.45, 7) is 6.06. The molecule has 2 heterocycles. The summed E-state index contributed by atoms with van der Waals surface area (Å²) < 4.78 is 19.4. The van der Waals surface area contributed by atoms with Crippen LogP contribution in [0.25, 0.3) is 0 Å². The van der Waals surface area contributed by atoms with Gasteiger partial charge < -0.3 is 14.5 Å². The zero-order chi connectivity index (χ0) is 24.2. The lowest BCUT2D eigenvalue weighted by molar-refractivity contribution is 0.0782. The van der Waals surface area contributed by atoms with Gasteiger partial charge in [-0.25, -0.2) is 4.39 Å². The van der Waals surface area contributed by atoms with E-state index < -0.39 is 0 Å². The van der Waals surface area contributed by atoms with Gasteiger partial charge in [-0.05, 0) is 53.9 Å². The molecule has 3 aromatic carbocycles. The van der Waals surface area contributed by atoms with Crippen LogP contribution in [0.15, 0.2) is 78.9 Å². The zero-order valence-corrected chi connectivity index (χ0v) is 20.1. The number of anilines is 1. The Morgan fingerprint density at radius 3 is 2.43 bits per heavy atom. The van der Waals surface area contributed by atoms with Crippen LogP contribution in [0, 0.1) is 11.7 Å². The van der Waals surface area contributed by atoms with Crippen molar-refractivity contribution in [3.05, 3.63) is 95.8 Å². The fraction of sp³-hybridized carbons (Fsp3) is 0.345. The van der Waals surface area contributed by atoms with Crippen LogP contribution in [0.4, 0.5) is 10.1 Å². The number of benzene rings is 3. The number of carbonyl (C=O) groups is 1. The van der Waals surface area contributed by atoms with Crippen molar-refractivity contribution in [2.24, 2.45) is 5.92 Å². The van der Waals surface area contributed by atoms with Gasteiger partial charge in [0, 0.05) is 63.0 Å². The van der Waals surface area contributed by atoms with Gasteiger partial charge in [0.1, 0.15) is 11.6 Å². The highest BCUT2D eigenvalue weighted by molar-refractivity contribution is 5.94. The molecule has 0 unspecified atom stereocenters. The van der Waals surface area contributed by atoms with Crippen molar-refractivity contribution in [2.75, 3.05) is 57.8 Å². The minimum Gasteiger partial charge on any atom is -0.497 e. The van der Waals surface area contributed by atoms with Gasteiger partial charge in [0.2, 0.25) is 0 Å². The van der Waals surface area contributed by atoms with E-state index in [1.165, 1.54) is 11.8 Å². The van der Waals surface area contributed by atoms with E-state index in [1.54, 1.807) is 25.3 Å². The average molecular weight is 474 g/mol. The van der Waals surface area contributed by atoms with E-state index in [0.29, 0.717) is 24.4 Å². The van der Waals surface area contributed by atoms with Crippen LogP contribution in [0.2, 0.25) is 0 Å². The fourth-order valence-corrected chi connectivity index (χ4v) is 5.43. The Balaban J connectivity index is 1.30. The molecule has 0 aliphatic carbocycles. The van der Waals surface area contributed by atoms with Gasteiger partial charge in [-0.1, -0.05) is 36.4 Å². The van der Waals surface area contributed by atoms with Crippen LogP contribution in [0.3, 0.4) is 0 Å². The van der Waals surface area contributed by atoms with E-state index in [9.17, 15) is 9.18 Å². The summed E-state index contributed by atoms with van der Waals surface area (Å²) in [7, 11) is 1.60. The first-order valence-corrected chi connectivity index (χ1v) is 12.3. The summed E-state index contributed by atoms with van der Waals surface area (Å²) in [4.78, 5) is 20.2. The number of carbonyl (C=O) groups excluding carboxylic acids is 1. The summed E-state index contributed by atoms with van der Waals surface area (Å²) in [6, 6.07) is 24.7. The molecule has 6 heteroatoms. The van der Waals surface area contributed by atoms with Gasteiger partial charge >= 0.3 is 0 Å². The highest BCUT2D eigenvalue weighted by atomic mass is 19.1. The van der Waals surface area contributed by atoms with Crippen LogP contribution in [0.5, 0.6) is 5.75 Å². The molecule has 3 aromatic rings. The van der Waals surface area contributed by atoms with Gasteiger partial charge in [0.25, 0.3) is 5.91 Å². The van der Waals surface area contributed by atoms with Crippen LogP contribution in [-0.2, 0) is 0 Å². The molecule has 2 atom stereocenters. The Morgan fingerprint density at radius 1 is 0.914 bits per heavy atom. The Labute approximate surface area is 206 Å². The Hall–Kier alpha value is -3.38. The third kappa shape index (κ3) is 5.33. The van der Waals surface area contributed by atoms with E-state index in [2.05, 4.69) is 34.1 Å². The second-order valence-corrected chi connectivity index (χ2v) is 9.49. The number of ether oxygens (including phenoxy) is 1. The van der Waals surface area contributed by atoms with Crippen molar-refractivity contribution in [3.63, 3.8) is 0 Å². The number of hydrogen-bond donors (Lipinski definition) is 0. The lowest BCUT2D eigenvalue weighted by atomic mass is 9.88. The predicted octanol–water partition coefficient (Wildman–Crippen LogP) is 4.51. The van der Waals surface area contributed by atoms with Crippen molar-refractivity contribution in [3.8, 4) is 5.75 Å². The predicted molar refractivity (Wildman–Crippen MR) is 137 cm³/mol. The van der Waals surface area contributed by atoms with E-state index in [4.69, 9.17) is 4.74 Å². The SMILES string of the molecule is COc1cccc(C(=O)N2C[C@@H](CN3CCN(c4ccccc4)CC3)[C@H](c3cccc(F)c3)C2)c1. The molecule has 0 spiro atoms. The number of amides is 1. The molecule has 5 rings (SSSR count). The molecule has 0 aromatic heterocycles. The first-order valence-electron chi connectivity index (χ1n) is 12.3. The number of rotatable bonds is 6. The molecule has 182 valence electrons. The van der Waals surface area contributed by atoms with Gasteiger partial charge in [0.05, 0.1) is 7.11 Å². The Kier molecular flexibility index (Phi) is 7.00. The van der Waals surface area contributed by atoms with Crippen LogP contribution < -0.4 is 9.64 Å². The number of methoxy groups -OCH3 is 1. The normalized spacial score (nSPS) is 20.7. The Bertz CT molecular complexity index is 1150. The lowest BCUT2D eigenvalue weighted by Crippen LogP contribution is -2.48. The molecular weight excluding hydrogens is 441 g/mol. The molecule has 0 radical (unpaired) electrons. The number of likely N-dealkylation sites (tertiary alicyclic amines) is 1. The molecule has 0 N–H and O–H groups in total. The van der Waals surface area contributed by atoms with Crippen molar-refractivity contribution < 1.29 is 13.9 Å². The molecule has 0 saturated carbocycles. The molecule has 1 amide bonds. The smallest absolute Gasteiger partial charge is 0.254 e. The quantitative estimate of drug-likeness (QED) is 0.528. The van der Waals surface area contributed by atoms with Crippen LogP contribution in [0.1, 0.15) is 21.8 Å². The average Bonchev–Trinajstić information content (AvgIpc) is 3.33. The monoisotopic (exact) mass is 473 g/mol. The van der Waals surface area contributed by atoms with Crippen molar-refractivity contribution in [2.45, 2.75) is 5.92 Å². The summed E-state index contributed by atoms with van der Waals surface area (Å²) in [6.07, 6.45) is 0. The first-order chi connectivity index (χ1) is 17.1. The largest absolute Gasteiger partial charge is 0.497 e. The van der Waals surface area contributed by atoms with Crippen LogP contribution in [-0.4, -0.2) is 68.6 Å². The van der Waals surface area contributed by atoms with Gasteiger partial charge in [-0.15, -0.1) is 0 Å². The highest BCUT2D eigenvalue weighted by Crippen LogP contribution is 2.35. The number of halogens is 1. The molecule has 35 heavy (non-hydrogen) atoms. The van der Waals surface area contributed by atoms with Gasteiger partial charge in [-0.3, -0.25) is 9.69 Å². The van der Waals surface area contributed by atoms with Crippen molar-refractivity contribution in [1.29, 1.82) is 0 Å². The fourth-order valence-electron chi connectivity index (χ4n) is 5.43. The molecular formula is C29H32FN3O2. The maximum atomic E-state index is 14.1. The summed E-state index contributed by atoms with van der Waals surface area (Å²) >= 11 is 0. The van der Waals surface area contributed by atoms with Crippen LogP contribution >= 0.6 is 0 Å². The summed E-state index contributed by atoms with van der Waals surface area (Å²) in [5.41, 5.74) is 2.86. The second kappa shape index (κ2) is 10.5. The first kappa shape index (κ1) is 23.4. The third-order valence-electron chi connectivity index (χ3n) is 7.31. The molecule has 2 aliphatic rings. The number of piperazine rings is 1. The van der Waals surface area contributed by atoms with Crippen molar-refractivity contribution in [1.82, 2.24) is 9.80 Å². The minimum absolute atomic E-state index is 0.00157. The zero-order valence-electron chi connectivity index (χ0n) is 20.1. The van der Waals surface area contributed by atoms with Gasteiger partial charge in [-0.2, -0.15) is 0 Å². The van der Waals surface area contributed by atoms with Crippen molar-refractivity contribution >= 4 is 11.6 Å². The highest BCUT2D eigenvalue weighted by Gasteiger charge is 2.38. The maximum Gasteiger partial charge on any atom is 0.254 e. The lowest BCUT2D eigenvalue weighted by Gasteiger charge is -2.37. The van der Waals surface area contributed by atoms with E-state index in [1.807, 2.05) is 35.2 Å². The molecule has 0 bridgehead atoms. The van der Waals surface area contributed by atoms with E-state index in [-0.39, 0.29) is 23.6 Å². The number of nitrogens with zero attached hydrogens (tertiary/aromatic N) is 3. The maximum absolute atomic E-state index is 14.1. The standard InChI is InChI=1S/C29H32FN3O2/c1-35-27-12-6-8-23(18-27)29(34)33-20-24(28(21-33)22-7-5-9-25(30)17-22)19-31-13-15-32(16-14-31)26-10-3-2-4-11-26/h2-12,17-18,24,28H,13-16,19-21H2,1H3/t24-,28+/m1/s1. The minimum atomic E-state index is -0.227. The van der Waals surface area contributed by atoms with E-state index in [0.717, 1.165) is 38.3 Å². The number of hydrogen-bond acceptors (Lipinski definition) is 4.